The molecule has 1 fully saturated rings. The Morgan fingerprint density at radius 1 is 0.960 bits per heavy atom. The van der Waals surface area contributed by atoms with Crippen molar-refractivity contribution < 1.29 is 52.4 Å². The molecule has 2 aliphatic heterocycles. The molecule has 0 saturated carbocycles. The van der Waals surface area contributed by atoms with Gasteiger partial charge in [0.25, 0.3) is 5.56 Å². The number of carbonyl (C=O) groups is 4. The number of hydroxylamine groups is 2. The van der Waals surface area contributed by atoms with Gasteiger partial charge in [-0.05, 0) is 25.8 Å². The molecular weight excluding hydrogens is 680 g/mol. The normalized spacial score (nSPS) is 22.2. The van der Waals surface area contributed by atoms with Crippen molar-refractivity contribution in [2.75, 3.05) is 26.4 Å². The Kier molecular flexibility index (Phi) is 11.9. The number of fused-ring (bicyclic) bond motifs is 3. The minimum atomic E-state index is -1.39. The first-order chi connectivity index (χ1) is 23.9. The Hall–Kier alpha value is -4.30. The standard InChI is InChI=1S/C31H40N6O12S/c1-7-43-15-24-32-29-25(21-9-10-35(45-8-2)13-23(21)50-29)30(42)36(24)11-20-12-37(34-33-20)31-28(48-19(6)41)27(47-18(5)40)26(46-17(4)39)22(49-31)14-44-16(3)38/h12,22,26-28,31H,7-11,13-15H2,1-6H3/t22-,26-,27+,28-,31-/m1/s1. The molecule has 19 heteroatoms. The lowest BCUT2D eigenvalue weighted by atomic mass is 9.97. The van der Waals surface area contributed by atoms with Crippen molar-refractivity contribution in [1.29, 1.82) is 0 Å². The summed E-state index contributed by atoms with van der Waals surface area (Å²) in [6, 6.07) is 0. The Bertz CT molecular complexity index is 1790. The third kappa shape index (κ3) is 8.35. The van der Waals surface area contributed by atoms with Crippen molar-refractivity contribution in [2.24, 2.45) is 0 Å². The van der Waals surface area contributed by atoms with Crippen LogP contribution in [0.1, 0.15) is 69.7 Å². The van der Waals surface area contributed by atoms with E-state index in [0.717, 1.165) is 31.2 Å². The Morgan fingerprint density at radius 3 is 2.32 bits per heavy atom. The number of carbonyl (C=O) groups excluding carboxylic acids is 4. The lowest BCUT2D eigenvalue weighted by Gasteiger charge is -2.44. The fourth-order valence-corrected chi connectivity index (χ4v) is 7.18. The molecule has 5 heterocycles. The number of nitrogens with zero attached hydrogens (tertiary/aromatic N) is 6. The van der Waals surface area contributed by atoms with Gasteiger partial charge in [-0.3, -0.25) is 33.4 Å². The molecule has 3 aromatic heterocycles. The third-order valence-corrected chi connectivity index (χ3v) is 8.97. The highest BCUT2D eigenvalue weighted by atomic mass is 32.1. The number of rotatable bonds is 13. The van der Waals surface area contributed by atoms with E-state index in [1.165, 1.54) is 33.7 Å². The summed E-state index contributed by atoms with van der Waals surface area (Å²) in [5.41, 5.74) is 0.996. The highest BCUT2D eigenvalue weighted by Crippen LogP contribution is 2.35. The maximum absolute atomic E-state index is 14.1. The highest BCUT2D eigenvalue weighted by Gasteiger charge is 2.53. The summed E-state index contributed by atoms with van der Waals surface area (Å²) >= 11 is 1.46. The van der Waals surface area contributed by atoms with E-state index < -0.39 is 61.1 Å². The summed E-state index contributed by atoms with van der Waals surface area (Å²) in [6.45, 7) is 10.1. The van der Waals surface area contributed by atoms with Crippen molar-refractivity contribution in [1.82, 2.24) is 29.6 Å². The first kappa shape index (κ1) is 37.0. The fourth-order valence-electron chi connectivity index (χ4n) is 5.94. The molecule has 0 amide bonds. The van der Waals surface area contributed by atoms with E-state index in [1.54, 1.807) is 0 Å². The molecule has 0 unspecified atom stereocenters. The van der Waals surface area contributed by atoms with Gasteiger partial charge in [0, 0.05) is 45.7 Å². The molecule has 50 heavy (non-hydrogen) atoms. The summed E-state index contributed by atoms with van der Waals surface area (Å²) in [7, 11) is 0. The van der Waals surface area contributed by atoms with Crippen LogP contribution in [0.2, 0.25) is 0 Å². The minimum absolute atomic E-state index is 0.0504. The van der Waals surface area contributed by atoms with Crippen LogP contribution in [0.5, 0.6) is 0 Å². The maximum Gasteiger partial charge on any atom is 0.303 e. The lowest BCUT2D eigenvalue weighted by molar-refractivity contribution is -0.270. The number of hydrogen-bond acceptors (Lipinski definition) is 17. The van der Waals surface area contributed by atoms with Crippen LogP contribution in [-0.2, 0) is 78.6 Å². The Morgan fingerprint density at radius 2 is 1.66 bits per heavy atom. The summed E-state index contributed by atoms with van der Waals surface area (Å²) in [4.78, 5) is 74.6. The molecule has 5 atom stereocenters. The van der Waals surface area contributed by atoms with Gasteiger partial charge in [0.1, 0.15) is 35.7 Å². The maximum atomic E-state index is 14.1. The quantitative estimate of drug-likeness (QED) is 0.180. The minimum Gasteiger partial charge on any atom is -0.463 e. The number of hydrogen-bond donors (Lipinski definition) is 0. The van der Waals surface area contributed by atoms with E-state index in [0.29, 0.717) is 54.5 Å². The average molecular weight is 721 g/mol. The number of aromatic nitrogens is 5. The third-order valence-electron chi connectivity index (χ3n) is 7.86. The van der Waals surface area contributed by atoms with Gasteiger partial charge < -0.3 is 28.4 Å². The molecule has 5 rings (SSSR count). The molecule has 1 saturated heterocycles. The molecule has 0 aromatic carbocycles. The first-order valence-corrected chi connectivity index (χ1v) is 16.9. The second kappa shape index (κ2) is 16.2. The van der Waals surface area contributed by atoms with Crippen LogP contribution in [0.15, 0.2) is 11.0 Å². The molecule has 18 nitrogen and oxygen atoms in total. The second-order valence-corrected chi connectivity index (χ2v) is 12.6. The summed E-state index contributed by atoms with van der Waals surface area (Å²) < 4.78 is 36.3. The van der Waals surface area contributed by atoms with Crippen LogP contribution in [0, 0.1) is 0 Å². The van der Waals surface area contributed by atoms with Crippen molar-refractivity contribution in [3.05, 3.63) is 38.5 Å². The zero-order chi connectivity index (χ0) is 36.1. The lowest BCUT2D eigenvalue weighted by Crippen LogP contribution is -2.60. The van der Waals surface area contributed by atoms with Gasteiger partial charge in [-0.1, -0.05) is 5.21 Å². The second-order valence-electron chi connectivity index (χ2n) is 11.6. The van der Waals surface area contributed by atoms with E-state index in [9.17, 15) is 24.0 Å². The molecule has 0 radical (unpaired) electrons. The van der Waals surface area contributed by atoms with Crippen LogP contribution >= 0.6 is 11.3 Å². The van der Waals surface area contributed by atoms with Crippen LogP contribution in [-0.4, -0.2) is 104 Å². The van der Waals surface area contributed by atoms with Gasteiger partial charge in [-0.25, -0.2) is 9.67 Å². The van der Waals surface area contributed by atoms with E-state index >= 15 is 0 Å². The molecule has 3 aromatic rings. The Labute approximate surface area is 290 Å². The Balaban J connectivity index is 1.52. The number of esters is 4. The van der Waals surface area contributed by atoms with Gasteiger partial charge in [0.15, 0.2) is 24.5 Å². The van der Waals surface area contributed by atoms with E-state index in [-0.39, 0.29) is 18.7 Å². The molecular formula is C31H40N6O12S. The molecule has 0 bridgehead atoms. The van der Waals surface area contributed by atoms with Crippen LogP contribution in [0.4, 0.5) is 0 Å². The topological polar surface area (TPSA) is 202 Å². The zero-order valence-corrected chi connectivity index (χ0v) is 29.4. The van der Waals surface area contributed by atoms with Crippen molar-refractivity contribution in [3.63, 3.8) is 0 Å². The highest BCUT2D eigenvalue weighted by molar-refractivity contribution is 7.18. The van der Waals surface area contributed by atoms with Crippen molar-refractivity contribution in [2.45, 2.75) is 98.3 Å². The summed E-state index contributed by atoms with van der Waals surface area (Å²) in [6.07, 6.45) is -4.47. The number of ether oxygens (including phenoxy) is 6. The monoisotopic (exact) mass is 720 g/mol. The number of thiophene rings is 1. The van der Waals surface area contributed by atoms with Gasteiger partial charge in [0.2, 0.25) is 0 Å². The van der Waals surface area contributed by atoms with Crippen molar-refractivity contribution in [3.8, 4) is 0 Å². The molecule has 0 aliphatic carbocycles. The molecule has 272 valence electrons. The molecule has 2 aliphatic rings. The van der Waals surface area contributed by atoms with Gasteiger partial charge in [-0.2, -0.15) is 5.06 Å². The molecule has 0 spiro atoms. The average Bonchev–Trinajstić information content (AvgIpc) is 3.66. The van der Waals surface area contributed by atoms with E-state index in [1.807, 2.05) is 18.9 Å². The smallest absolute Gasteiger partial charge is 0.303 e. The zero-order valence-electron chi connectivity index (χ0n) is 28.6. The first-order valence-electron chi connectivity index (χ1n) is 16.1. The fraction of sp³-hybridized carbons (Fsp3) is 0.613. The van der Waals surface area contributed by atoms with Crippen LogP contribution < -0.4 is 5.56 Å². The van der Waals surface area contributed by atoms with Gasteiger partial charge in [-0.15, -0.1) is 16.4 Å². The molecule has 0 N–H and O–H groups in total. The largest absolute Gasteiger partial charge is 0.463 e. The van der Waals surface area contributed by atoms with E-state index in [4.69, 9.17) is 38.2 Å². The van der Waals surface area contributed by atoms with Crippen LogP contribution in [0.3, 0.4) is 0 Å². The SMILES string of the molecule is CCOCc1nc2sc3c(c2c(=O)n1Cc1cn([C@@H]2O[C@H](COC(C)=O)[C@@H](OC(C)=O)[C@H](OC(C)=O)[C@H]2OC(C)=O)nn1)CCN(OCC)C3. The van der Waals surface area contributed by atoms with E-state index in [2.05, 4.69) is 10.3 Å². The summed E-state index contributed by atoms with van der Waals surface area (Å²) in [5.74, 6) is -2.51. The van der Waals surface area contributed by atoms with Crippen LogP contribution in [0.25, 0.3) is 10.2 Å². The predicted molar refractivity (Wildman–Crippen MR) is 171 cm³/mol. The van der Waals surface area contributed by atoms with Gasteiger partial charge >= 0.3 is 23.9 Å². The van der Waals surface area contributed by atoms with Gasteiger partial charge in [0.05, 0.1) is 31.3 Å². The predicted octanol–water partition coefficient (Wildman–Crippen LogP) is 1.20. The summed E-state index contributed by atoms with van der Waals surface area (Å²) in [5, 5.41) is 10.9. The van der Waals surface area contributed by atoms with Crippen molar-refractivity contribution >= 4 is 45.4 Å².